The summed E-state index contributed by atoms with van der Waals surface area (Å²) in [4.78, 5) is 11.4. The molecular weight excluding hydrogens is 270 g/mol. The lowest BCUT2D eigenvalue weighted by Crippen LogP contribution is -2.22. The van der Waals surface area contributed by atoms with Gasteiger partial charge >= 0.3 is 5.97 Å². The Morgan fingerprint density at radius 1 is 1.44 bits per heavy atom. The number of alkyl halides is 1. The van der Waals surface area contributed by atoms with Gasteiger partial charge in [-0.05, 0) is 12.0 Å². The van der Waals surface area contributed by atoms with E-state index in [0.29, 0.717) is 13.0 Å². The number of halogens is 1. The second kappa shape index (κ2) is 6.66. The zero-order chi connectivity index (χ0) is 12.0. The lowest BCUT2D eigenvalue weighted by molar-refractivity contribution is -0.149. The van der Waals surface area contributed by atoms with Crippen molar-refractivity contribution in [2.24, 2.45) is 11.7 Å². The van der Waals surface area contributed by atoms with Gasteiger partial charge in [-0.3, -0.25) is 4.79 Å². The van der Waals surface area contributed by atoms with Crippen LogP contribution in [0.25, 0.3) is 0 Å². The summed E-state index contributed by atoms with van der Waals surface area (Å²) in [5.74, 6) is -0.392. The summed E-state index contributed by atoms with van der Waals surface area (Å²) in [7, 11) is 0. The van der Waals surface area contributed by atoms with E-state index in [2.05, 4.69) is 15.9 Å². The predicted molar refractivity (Wildman–Crippen MR) is 66.9 cm³/mol. The predicted octanol–water partition coefficient (Wildman–Crippen LogP) is 2.44. The van der Waals surface area contributed by atoms with E-state index in [9.17, 15) is 4.79 Å². The molecule has 88 valence electrons. The van der Waals surface area contributed by atoms with Crippen molar-refractivity contribution in [2.45, 2.75) is 24.9 Å². The maximum atomic E-state index is 11.6. The molecule has 0 saturated carbocycles. The Hall–Kier alpha value is -0.870. The van der Waals surface area contributed by atoms with Crippen LogP contribution in [0.2, 0.25) is 0 Å². The van der Waals surface area contributed by atoms with E-state index >= 15 is 0 Å². The maximum absolute atomic E-state index is 11.6. The van der Waals surface area contributed by atoms with Crippen LogP contribution in [0, 0.1) is 5.92 Å². The molecule has 0 aliphatic heterocycles. The molecule has 0 saturated heterocycles. The quantitative estimate of drug-likeness (QED) is 0.514. The molecule has 0 aromatic heterocycles. The molecule has 1 aromatic carbocycles. The molecule has 0 amide bonds. The number of nitrogens with two attached hydrogens (primary N) is 1. The summed E-state index contributed by atoms with van der Waals surface area (Å²) < 4.78 is 5.18. The smallest absolute Gasteiger partial charge is 0.309 e. The topological polar surface area (TPSA) is 52.3 Å². The number of benzene rings is 1. The van der Waals surface area contributed by atoms with Gasteiger partial charge in [0.15, 0.2) is 0 Å². The number of rotatable bonds is 5. The summed E-state index contributed by atoms with van der Waals surface area (Å²) in [6.07, 6.45) is 0.577. The standard InChI is InChI=1S/C12H16BrNO2/c1-9(7-11(13)14)12(15)16-8-10-5-3-2-4-6-10/h2-6,9,11H,7-8,14H2,1H3. The van der Waals surface area contributed by atoms with Crippen LogP contribution in [-0.4, -0.2) is 10.9 Å². The fraction of sp³-hybridized carbons (Fsp3) is 0.417. The molecule has 2 N–H and O–H groups in total. The molecule has 2 atom stereocenters. The van der Waals surface area contributed by atoms with Crippen LogP contribution in [0.15, 0.2) is 30.3 Å². The monoisotopic (exact) mass is 285 g/mol. The maximum Gasteiger partial charge on any atom is 0.309 e. The number of hydrogen-bond acceptors (Lipinski definition) is 3. The van der Waals surface area contributed by atoms with Gasteiger partial charge in [-0.15, -0.1) is 0 Å². The number of carbonyl (C=O) groups is 1. The fourth-order valence-corrected chi connectivity index (χ4v) is 1.87. The second-order valence-corrected chi connectivity index (χ2v) is 4.92. The van der Waals surface area contributed by atoms with Gasteiger partial charge in [0.25, 0.3) is 0 Å². The number of hydrogen-bond donors (Lipinski definition) is 1. The number of carbonyl (C=O) groups excluding carboxylic acids is 1. The van der Waals surface area contributed by atoms with E-state index in [4.69, 9.17) is 10.5 Å². The molecule has 2 unspecified atom stereocenters. The van der Waals surface area contributed by atoms with Crippen LogP contribution in [-0.2, 0) is 16.1 Å². The summed E-state index contributed by atoms with van der Waals surface area (Å²) in [5.41, 5.74) is 6.54. The van der Waals surface area contributed by atoms with Gasteiger partial charge in [-0.1, -0.05) is 53.2 Å². The average Bonchev–Trinajstić information content (AvgIpc) is 2.26. The van der Waals surface area contributed by atoms with E-state index in [1.165, 1.54) is 0 Å². The molecule has 16 heavy (non-hydrogen) atoms. The summed E-state index contributed by atoms with van der Waals surface area (Å²) in [5, 5.41) is 0. The van der Waals surface area contributed by atoms with E-state index in [-0.39, 0.29) is 16.8 Å². The molecule has 0 spiro atoms. The Bertz CT molecular complexity index is 327. The van der Waals surface area contributed by atoms with Crippen molar-refractivity contribution in [1.29, 1.82) is 0 Å². The SMILES string of the molecule is CC(CC(N)Br)C(=O)OCc1ccccc1. The van der Waals surface area contributed by atoms with E-state index in [0.717, 1.165) is 5.56 Å². The summed E-state index contributed by atoms with van der Waals surface area (Å²) >= 11 is 3.21. The molecular formula is C12H16BrNO2. The first-order valence-electron chi connectivity index (χ1n) is 5.20. The van der Waals surface area contributed by atoms with Crippen LogP contribution in [0.5, 0.6) is 0 Å². The van der Waals surface area contributed by atoms with Gasteiger partial charge in [0, 0.05) is 0 Å². The fourth-order valence-electron chi connectivity index (χ4n) is 1.30. The normalized spacial score (nSPS) is 14.2. The van der Waals surface area contributed by atoms with Crippen molar-refractivity contribution < 1.29 is 9.53 Å². The molecule has 1 aromatic rings. The minimum absolute atomic E-state index is 0.160. The van der Waals surface area contributed by atoms with Gasteiger partial charge in [0.2, 0.25) is 0 Å². The van der Waals surface area contributed by atoms with Crippen LogP contribution in [0.3, 0.4) is 0 Å². The van der Waals surface area contributed by atoms with Gasteiger partial charge in [0.1, 0.15) is 6.61 Å². The molecule has 3 nitrogen and oxygen atoms in total. The molecule has 0 aliphatic rings. The highest BCUT2D eigenvalue weighted by atomic mass is 79.9. The molecule has 0 radical (unpaired) electrons. The Balaban J connectivity index is 2.35. The lowest BCUT2D eigenvalue weighted by atomic mass is 10.1. The van der Waals surface area contributed by atoms with Gasteiger partial charge in [0.05, 0.1) is 10.9 Å². The minimum Gasteiger partial charge on any atom is -0.461 e. The molecule has 4 heteroatoms. The summed E-state index contributed by atoms with van der Waals surface area (Å²) in [6.45, 7) is 2.13. The third-order valence-electron chi connectivity index (χ3n) is 2.21. The van der Waals surface area contributed by atoms with Crippen LogP contribution in [0.1, 0.15) is 18.9 Å². The van der Waals surface area contributed by atoms with Crippen LogP contribution < -0.4 is 5.73 Å². The number of esters is 1. The first-order valence-corrected chi connectivity index (χ1v) is 6.11. The average molecular weight is 286 g/mol. The minimum atomic E-state index is -0.209. The Kier molecular flexibility index (Phi) is 5.49. The van der Waals surface area contributed by atoms with Crippen molar-refractivity contribution in [3.63, 3.8) is 0 Å². The van der Waals surface area contributed by atoms with Crippen LogP contribution in [0.4, 0.5) is 0 Å². The van der Waals surface area contributed by atoms with Gasteiger partial charge in [-0.25, -0.2) is 0 Å². The third-order valence-corrected chi connectivity index (χ3v) is 2.58. The molecule has 0 bridgehead atoms. The summed E-state index contributed by atoms with van der Waals surface area (Å²) in [6, 6.07) is 9.61. The molecule has 0 heterocycles. The van der Waals surface area contributed by atoms with Crippen molar-refractivity contribution in [1.82, 2.24) is 0 Å². The van der Waals surface area contributed by atoms with E-state index < -0.39 is 0 Å². The molecule has 0 aliphatic carbocycles. The largest absolute Gasteiger partial charge is 0.461 e. The first-order chi connectivity index (χ1) is 7.59. The highest BCUT2D eigenvalue weighted by Crippen LogP contribution is 2.11. The molecule has 1 rings (SSSR count). The van der Waals surface area contributed by atoms with Crippen molar-refractivity contribution in [2.75, 3.05) is 0 Å². The third kappa shape index (κ3) is 4.77. The van der Waals surface area contributed by atoms with Crippen molar-refractivity contribution in [3.8, 4) is 0 Å². The number of ether oxygens (including phenoxy) is 1. The van der Waals surface area contributed by atoms with Gasteiger partial charge < -0.3 is 10.5 Å². The highest BCUT2D eigenvalue weighted by Gasteiger charge is 2.16. The zero-order valence-corrected chi connectivity index (χ0v) is 10.8. The second-order valence-electron chi connectivity index (χ2n) is 3.75. The van der Waals surface area contributed by atoms with Gasteiger partial charge in [-0.2, -0.15) is 0 Å². The zero-order valence-electron chi connectivity index (χ0n) is 9.23. The Labute approximate surface area is 104 Å². The lowest BCUT2D eigenvalue weighted by Gasteiger charge is -2.12. The molecule has 0 fully saturated rings. The van der Waals surface area contributed by atoms with Crippen molar-refractivity contribution in [3.05, 3.63) is 35.9 Å². The Morgan fingerprint density at radius 3 is 2.62 bits per heavy atom. The van der Waals surface area contributed by atoms with E-state index in [1.807, 2.05) is 37.3 Å². The van der Waals surface area contributed by atoms with Crippen molar-refractivity contribution >= 4 is 21.9 Å². The highest BCUT2D eigenvalue weighted by molar-refractivity contribution is 9.09. The van der Waals surface area contributed by atoms with E-state index in [1.54, 1.807) is 0 Å². The first kappa shape index (κ1) is 13.2. The Morgan fingerprint density at radius 2 is 2.06 bits per heavy atom. The van der Waals surface area contributed by atoms with Crippen LogP contribution >= 0.6 is 15.9 Å².